The Morgan fingerprint density at radius 3 is 2.89 bits per heavy atom. The molecule has 0 saturated carbocycles. The number of para-hydroxylation sites is 2. The number of hydrogen-bond acceptors (Lipinski definition) is 4. The zero-order chi connectivity index (χ0) is 19.3. The fraction of sp³-hybridized carbons (Fsp3) is 0.333. The summed E-state index contributed by atoms with van der Waals surface area (Å²) in [4.78, 5) is 24.9. The predicted molar refractivity (Wildman–Crippen MR) is 110 cm³/mol. The highest BCUT2D eigenvalue weighted by Crippen LogP contribution is 2.18. The number of fused-ring (bicyclic) bond motifs is 1. The van der Waals surface area contributed by atoms with Gasteiger partial charge in [-0.3, -0.25) is 4.90 Å². The van der Waals surface area contributed by atoms with Crippen LogP contribution in [0.25, 0.3) is 11.0 Å². The lowest BCUT2D eigenvalue weighted by Crippen LogP contribution is -2.38. The van der Waals surface area contributed by atoms with Crippen molar-refractivity contribution >= 4 is 22.8 Å². The Kier molecular flexibility index (Phi) is 5.43. The molecule has 1 aromatic heterocycles. The average Bonchev–Trinajstić information content (AvgIpc) is 2.97. The van der Waals surface area contributed by atoms with E-state index in [0.717, 1.165) is 60.9 Å². The molecule has 0 bridgehead atoms. The van der Waals surface area contributed by atoms with Crippen LogP contribution in [0.3, 0.4) is 0 Å². The number of urea groups is 1. The smallest absolute Gasteiger partial charge is 0.321 e. The van der Waals surface area contributed by atoms with Gasteiger partial charge in [0.2, 0.25) is 0 Å². The minimum absolute atomic E-state index is 0.0705. The van der Waals surface area contributed by atoms with Crippen molar-refractivity contribution in [2.75, 3.05) is 38.6 Å². The van der Waals surface area contributed by atoms with Gasteiger partial charge in [-0.1, -0.05) is 18.2 Å². The topological polar surface area (TPSA) is 73.5 Å². The number of methoxy groups -OCH3 is 1. The van der Waals surface area contributed by atoms with E-state index in [0.29, 0.717) is 6.54 Å². The standard InChI is InChI=1S/C21H25N5O2/c1-28-17-7-4-6-16(14-17)22-21(27)26-11-5-10-25(12-13-26)15-20-23-18-8-2-3-9-19(18)24-20/h2-4,6-9,14H,5,10-13,15H2,1H3,(H,22,27)(H,23,24). The molecular weight excluding hydrogens is 354 g/mol. The molecule has 2 N–H and O–H groups in total. The molecule has 0 atom stereocenters. The van der Waals surface area contributed by atoms with Crippen LogP contribution in [-0.2, 0) is 6.54 Å². The van der Waals surface area contributed by atoms with E-state index in [1.54, 1.807) is 7.11 Å². The van der Waals surface area contributed by atoms with Crippen molar-refractivity contribution in [3.05, 3.63) is 54.4 Å². The molecule has 0 spiro atoms. The first kappa shape index (κ1) is 18.3. The Hall–Kier alpha value is -3.06. The molecular formula is C21H25N5O2. The van der Waals surface area contributed by atoms with Gasteiger partial charge in [0.15, 0.2) is 0 Å². The number of benzene rings is 2. The Morgan fingerprint density at radius 1 is 1.14 bits per heavy atom. The number of carbonyl (C=O) groups is 1. The van der Waals surface area contributed by atoms with Gasteiger partial charge in [0.05, 0.1) is 24.7 Å². The molecule has 0 aliphatic carbocycles. The molecule has 7 heteroatoms. The van der Waals surface area contributed by atoms with Crippen LogP contribution in [0.2, 0.25) is 0 Å². The maximum Gasteiger partial charge on any atom is 0.321 e. The van der Waals surface area contributed by atoms with Crippen LogP contribution in [0.1, 0.15) is 12.2 Å². The Balaban J connectivity index is 1.34. The second kappa shape index (κ2) is 8.31. The number of imidazole rings is 1. The lowest BCUT2D eigenvalue weighted by molar-refractivity contribution is 0.210. The maximum atomic E-state index is 12.6. The van der Waals surface area contributed by atoms with Crippen LogP contribution >= 0.6 is 0 Å². The Morgan fingerprint density at radius 2 is 2.04 bits per heavy atom. The van der Waals surface area contributed by atoms with Crippen molar-refractivity contribution in [1.29, 1.82) is 0 Å². The van der Waals surface area contributed by atoms with E-state index < -0.39 is 0 Å². The number of anilines is 1. The molecule has 2 aromatic carbocycles. The van der Waals surface area contributed by atoms with Gasteiger partial charge in [-0.25, -0.2) is 9.78 Å². The lowest BCUT2D eigenvalue weighted by atomic mass is 10.3. The largest absolute Gasteiger partial charge is 0.497 e. The van der Waals surface area contributed by atoms with E-state index >= 15 is 0 Å². The molecule has 2 heterocycles. The third kappa shape index (κ3) is 4.26. The highest BCUT2D eigenvalue weighted by molar-refractivity contribution is 5.89. The zero-order valence-corrected chi connectivity index (χ0v) is 16.0. The summed E-state index contributed by atoms with van der Waals surface area (Å²) >= 11 is 0. The fourth-order valence-corrected chi connectivity index (χ4v) is 3.53. The summed E-state index contributed by atoms with van der Waals surface area (Å²) < 4.78 is 5.21. The number of rotatable bonds is 4. The Labute approximate surface area is 164 Å². The predicted octanol–water partition coefficient (Wildman–Crippen LogP) is 3.31. The van der Waals surface area contributed by atoms with Gasteiger partial charge < -0.3 is 19.9 Å². The van der Waals surface area contributed by atoms with Crippen molar-refractivity contribution in [3.63, 3.8) is 0 Å². The number of hydrogen-bond donors (Lipinski definition) is 2. The summed E-state index contributed by atoms with van der Waals surface area (Å²) in [5, 5.41) is 2.97. The number of H-pyrrole nitrogens is 1. The van der Waals surface area contributed by atoms with Gasteiger partial charge in [-0.05, 0) is 30.7 Å². The number of nitrogens with one attached hydrogen (secondary N) is 2. The monoisotopic (exact) mass is 379 g/mol. The van der Waals surface area contributed by atoms with Crippen molar-refractivity contribution in [2.45, 2.75) is 13.0 Å². The van der Waals surface area contributed by atoms with Crippen LogP contribution in [0, 0.1) is 0 Å². The summed E-state index contributed by atoms with van der Waals surface area (Å²) in [5.41, 5.74) is 2.80. The molecule has 0 radical (unpaired) electrons. The first-order valence-corrected chi connectivity index (χ1v) is 9.57. The summed E-state index contributed by atoms with van der Waals surface area (Å²) in [6, 6.07) is 15.4. The zero-order valence-electron chi connectivity index (χ0n) is 16.0. The summed E-state index contributed by atoms with van der Waals surface area (Å²) in [7, 11) is 1.62. The molecule has 2 amide bonds. The van der Waals surface area contributed by atoms with Gasteiger partial charge in [0.1, 0.15) is 11.6 Å². The molecule has 28 heavy (non-hydrogen) atoms. The molecule has 0 unspecified atom stereocenters. The van der Waals surface area contributed by atoms with Gasteiger partial charge in [-0.2, -0.15) is 0 Å². The van der Waals surface area contributed by atoms with Crippen molar-refractivity contribution < 1.29 is 9.53 Å². The fourth-order valence-electron chi connectivity index (χ4n) is 3.53. The molecule has 7 nitrogen and oxygen atoms in total. The number of aromatic nitrogens is 2. The number of nitrogens with zero attached hydrogens (tertiary/aromatic N) is 3. The van der Waals surface area contributed by atoms with Crippen LogP contribution in [0.4, 0.5) is 10.5 Å². The second-order valence-corrected chi connectivity index (χ2v) is 6.98. The van der Waals surface area contributed by atoms with E-state index in [4.69, 9.17) is 4.74 Å². The second-order valence-electron chi connectivity index (χ2n) is 6.98. The van der Waals surface area contributed by atoms with E-state index in [2.05, 4.69) is 20.2 Å². The van der Waals surface area contributed by atoms with Crippen LogP contribution in [0.15, 0.2) is 48.5 Å². The lowest BCUT2D eigenvalue weighted by Gasteiger charge is -2.22. The molecule has 1 aliphatic rings. The maximum absolute atomic E-state index is 12.6. The number of amides is 2. The summed E-state index contributed by atoms with van der Waals surface area (Å²) in [5.74, 6) is 1.70. The molecule has 4 rings (SSSR count). The number of ether oxygens (including phenoxy) is 1. The Bertz CT molecular complexity index is 922. The molecule has 1 aliphatic heterocycles. The third-order valence-electron chi connectivity index (χ3n) is 5.01. The van der Waals surface area contributed by atoms with Gasteiger partial charge in [0.25, 0.3) is 0 Å². The first-order chi connectivity index (χ1) is 13.7. The minimum atomic E-state index is -0.0705. The average molecular weight is 379 g/mol. The molecule has 1 fully saturated rings. The summed E-state index contributed by atoms with van der Waals surface area (Å²) in [6.45, 7) is 3.96. The minimum Gasteiger partial charge on any atom is -0.497 e. The molecule has 3 aromatic rings. The molecule has 146 valence electrons. The van der Waals surface area contributed by atoms with E-state index in [1.807, 2.05) is 53.4 Å². The van der Waals surface area contributed by atoms with Gasteiger partial charge in [-0.15, -0.1) is 0 Å². The van der Waals surface area contributed by atoms with E-state index in [1.165, 1.54) is 0 Å². The first-order valence-electron chi connectivity index (χ1n) is 9.57. The van der Waals surface area contributed by atoms with Crippen LogP contribution < -0.4 is 10.1 Å². The van der Waals surface area contributed by atoms with Crippen molar-refractivity contribution in [1.82, 2.24) is 19.8 Å². The van der Waals surface area contributed by atoms with Crippen molar-refractivity contribution in [3.8, 4) is 5.75 Å². The van der Waals surface area contributed by atoms with Crippen LogP contribution in [-0.4, -0.2) is 59.1 Å². The van der Waals surface area contributed by atoms with Gasteiger partial charge in [0, 0.05) is 37.9 Å². The number of aromatic amines is 1. The van der Waals surface area contributed by atoms with Crippen molar-refractivity contribution in [2.24, 2.45) is 0 Å². The SMILES string of the molecule is COc1cccc(NC(=O)N2CCCN(Cc3nc4ccccc4[nH]3)CC2)c1. The van der Waals surface area contributed by atoms with Crippen LogP contribution in [0.5, 0.6) is 5.75 Å². The molecule has 1 saturated heterocycles. The third-order valence-corrected chi connectivity index (χ3v) is 5.01. The highest BCUT2D eigenvalue weighted by atomic mass is 16.5. The summed E-state index contributed by atoms with van der Waals surface area (Å²) in [6.07, 6.45) is 0.936. The van der Waals surface area contributed by atoms with E-state index in [9.17, 15) is 4.79 Å². The highest BCUT2D eigenvalue weighted by Gasteiger charge is 2.20. The normalized spacial score (nSPS) is 15.4. The van der Waals surface area contributed by atoms with Gasteiger partial charge >= 0.3 is 6.03 Å². The quantitative estimate of drug-likeness (QED) is 0.729. The number of carbonyl (C=O) groups excluding carboxylic acids is 1. The van der Waals surface area contributed by atoms with E-state index in [-0.39, 0.29) is 6.03 Å².